The largest absolute Gasteiger partial charge is 0.349 e. The zero-order chi connectivity index (χ0) is 19.3. The highest BCUT2D eigenvalue weighted by Crippen LogP contribution is 2.22. The van der Waals surface area contributed by atoms with Crippen molar-refractivity contribution in [2.45, 2.75) is 31.7 Å². The Kier molecular flexibility index (Phi) is 5.28. The molecule has 0 radical (unpaired) electrons. The molecular formula is C22H21FN4O. The summed E-state index contributed by atoms with van der Waals surface area (Å²) >= 11 is 0. The molecule has 5 nitrogen and oxygen atoms in total. The lowest BCUT2D eigenvalue weighted by Crippen LogP contribution is -2.32. The zero-order valence-corrected chi connectivity index (χ0v) is 15.4. The highest BCUT2D eigenvalue weighted by Gasteiger charge is 2.17. The molecule has 3 aromatic rings. The van der Waals surface area contributed by atoms with Gasteiger partial charge in [0, 0.05) is 28.9 Å². The number of carbonyl (C=O) groups is 1. The molecule has 4 rings (SSSR count). The Balaban J connectivity index is 1.43. The second-order valence-electron chi connectivity index (χ2n) is 6.95. The summed E-state index contributed by atoms with van der Waals surface area (Å²) in [4.78, 5) is 20.8. The summed E-state index contributed by atoms with van der Waals surface area (Å²) in [6.07, 6.45) is 5.97. The summed E-state index contributed by atoms with van der Waals surface area (Å²) in [5.41, 5.74) is 2.98. The molecule has 1 fully saturated rings. The molecule has 2 N–H and O–H groups in total. The Morgan fingerprint density at radius 1 is 0.964 bits per heavy atom. The van der Waals surface area contributed by atoms with E-state index < -0.39 is 0 Å². The predicted molar refractivity (Wildman–Crippen MR) is 107 cm³/mol. The fourth-order valence-electron chi connectivity index (χ4n) is 3.40. The Morgan fingerprint density at radius 2 is 1.68 bits per heavy atom. The number of nitrogens with zero attached hydrogens (tertiary/aromatic N) is 2. The average molecular weight is 376 g/mol. The number of aromatic nitrogens is 2. The number of anilines is 2. The summed E-state index contributed by atoms with van der Waals surface area (Å²) in [6, 6.07) is 15.6. The van der Waals surface area contributed by atoms with Crippen LogP contribution >= 0.6 is 0 Å². The molecule has 1 saturated carbocycles. The first-order valence-corrected chi connectivity index (χ1v) is 9.43. The van der Waals surface area contributed by atoms with E-state index in [0.29, 0.717) is 23.1 Å². The van der Waals surface area contributed by atoms with Gasteiger partial charge in [0.25, 0.3) is 5.91 Å². The van der Waals surface area contributed by atoms with Gasteiger partial charge in [0.15, 0.2) is 0 Å². The van der Waals surface area contributed by atoms with Crippen LogP contribution in [0, 0.1) is 5.82 Å². The third-order valence-corrected chi connectivity index (χ3v) is 4.92. The summed E-state index contributed by atoms with van der Waals surface area (Å²) < 4.78 is 13.1. The van der Waals surface area contributed by atoms with E-state index in [-0.39, 0.29) is 11.7 Å². The smallest absolute Gasteiger partial charge is 0.251 e. The predicted octanol–water partition coefficient (Wildman–Crippen LogP) is 4.70. The third kappa shape index (κ3) is 4.34. The molecule has 142 valence electrons. The van der Waals surface area contributed by atoms with Crippen LogP contribution < -0.4 is 10.6 Å². The molecule has 1 amide bonds. The molecule has 0 bridgehead atoms. The molecule has 1 aliphatic rings. The Labute approximate surface area is 163 Å². The van der Waals surface area contributed by atoms with Crippen LogP contribution in [-0.4, -0.2) is 21.9 Å². The number of hydrogen-bond donors (Lipinski definition) is 2. The van der Waals surface area contributed by atoms with Gasteiger partial charge >= 0.3 is 0 Å². The van der Waals surface area contributed by atoms with Crippen LogP contribution in [0.2, 0.25) is 0 Å². The van der Waals surface area contributed by atoms with Crippen molar-refractivity contribution in [2.24, 2.45) is 0 Å². The van der Waals surface area contributed by atoms with E-state index in [1.165, 1.54) is 31.3 Å². The number of carbonyl (C=O) groups excluding carboxylic acids is 1. The van der Waals surface area contributed by atoms with E-state index in [1.807, 2.05) is 12.1 Å². The number of nitrogens with one attached hydrogen (secondary N) is 2. The van der Waals surface area contributed by atoms with Crippen molar-refractivity contribution in [3.05, 3.63) is 72.3 Å². The van der Waals surface area contributed by atoms with Crippen LogP contribution in [-0.2, 0) is 0 Å². The minimum Gasteiger partial charge on any atom is -0.349 e. The topological polar surface area (TPSA) is 66.9 Å². The molecule has 1 aliphatic carbocycles. The van der Waals surface area contributed by atoms with Gasteiger partial charge in [-0.3, -0.25) is 4.79 Å². The molecule has 2 aromatic carbocycles. The normalized spacial score (nSPS) is 14.0. The quantitative estimate of drug-likeness (QED) is 0.677. The van der Waals surface area contributed by atoms with Gasteiger partial charge in [0.05, 0.1) is 5.69 Å². The van der Waals surface area contributed by atoms with Crippen LogP contribution in [0.15, 0.2) is 60.9 Å². The van der Waals surface area contributed by atoms with Gasteiger partial charge in [-0.2, -0.15) is 0 Å². The van der Waals surface area contributed by atoms with Crippen molar-refractivity contribution in [2.75, 3.05) is 5.32 Å². The molecule has 0 saturated heterocycles. The second-order valence-corrected chi connectivity index (χ2v) is 6.95. The standard InChI is InChI=1S/C22H21FN4O/c23-17-9-5-15(6-10-17)20-13-21(25-14-24-20)26-19-11-7-16(8-12-19)22(28)27-18-3-1-2-4-18/h5-14,18H,1-4H2,(H,27,28)(H,24,25,26). The van der Waals surface area contributed by atoms with Crippen molar-refractivity contribution in [1.82, 2.24) is 15.3 Å². The van der Waals surface area contributed by atoms with E-state index in [4.69, 9.17) is 0 Å². The molecule has 0 spiro atoms. The SMILES string of the molecule is O=C(NC1CCCC1)c1ccc(Nc2cc(-c3ccc(F)cc3)ncn2)cc1. The van der Waals surface area contributed by atoms with Crippen LogP contribution in [0.4, 0.5) is 15.9 Å². The maximum atomic E-state index is 13.1. The Hall–Kier alpha value is -3.28. The van der Waals surface area contributed by atoms with Crippen LogP contribution in [0.3, 0.4) is 0 Å². The average Bonchev–Trinajstić information content (AvgIpc) is 3.22. The fraction of sp³-hybridized carbons (Fsp3) is 0.227. The first-order valence-electron chi connectivity index (χ1n) is 9.43. The Bertz CT molecular complexity index is 951. The number of rotatable bonds is 5. The van der Waals surface area contributed by atoms with E-state index in [2.05, 4.69) is 20.6 Å². The van der Waals surface area contributed by atoms with Gasteiger partial charge < -0.3 is 10.6 Å². The zero-order valence-electron chi connectivity index (χ0n) is 15.4. The molecule has 0 aliphatic heterocycles. The van der Waals surface area contributed by atoms with E-state index in [9.17, 15) is 9.18 Å². The summed E-state index contributed by atoms with van der Waals surface area (Å²) in [7, 11) is 0. The molecule has 1 heterocycles. The van der Waals surface area contributed by atoms with Crippen LogP contribution in [0.1, 0.15) is 36.0 Å². The maximum absolute atomic E-state index is 13.1. The number of halogens is 1. The van der Waals surface area contributed by atoms with Crippen molar-refractivity contribution >= 4 is 17.4 Å². The van der Waals surface area contributed by atoms with Crippen molar-refractivity contribution in [3.63, 3.8) is 0 Å². The van der Waals surface area contributed by atoms with Gasteiger partial charge in [-0.1, -0.05) is 12.8 Å². The molecule has 6 heteroatoms. The fourth-order valence-corrected chi connectivity index (χ4v) is 3.40. The van der Waals surface area contributed by atoms with Gasteiger partial charge in [0.2, 0.25) is 0 Å². The minimum atomic E-state index is -0.284. The van der Waals surface area contributed by atoms with Crippen molar-refractivity contribution in [3.8, 4) is 11.3 Å². The van der Waals surface area contributed by atoms with Crippen molar-refractivity contribution < 1.29 is 9.18 Å². The van der Waals surface area contributed by atoms with E-state index in [0.717, 1.165) is 24.1 Å². The molecule has 28 heavy (non-hydrogen) atoms. The lowest BCUT2D eigenvalue weighted by Gasteiger charge is -2.12. The molecule has 1 aromatic heterocycles. The molecule has 0 atom stereocenters. The second kappa shape index (κ2) is 8.17. The van der Waals surface area contributed by atoms with E-state index in [1.54, 1.807) is 30.3 Å². The maximum Gasteiger partial charge on any atom is 0.251 e. The number of benzene rings is 2. The highest BCUT2D eigenvalue weighted by molar-refractivity contribution is 5.94. The number of amides is 1. The summed E-state index contributed by atoms with van der Waals surface area (Å²) in [5.74, 6) is 0.310. The lowest BCUT2D eigenvalue weighted by molar-refractivity contribution is 0.0938. The molecule has 0 unspecified atom stereocenters. The first kappa shape index (κ1) is 18.1. The Morgan fingerprint density at radius 3 is 2.39 bits per heavy atom. The summed E-state index contributed by atoms with van der Waals surface area (Å²) in [5, 5.41) is 6.30. The number of hydrogen-bond acceptors (Lipinski definition) is 4. The first-order chi connectivity index (χ1) is 13.7. The van der Waals surface area contributed by atoms with Crippen molar-refractivity contribution in [1.29, 1.82) is 0 Å². The van der Waals surface area contributed by atoms with Gasteiger partial charge in [0.1, 0.15) is 18.0 Å². The highest BCUT2D eigenvalue weighted by atomic mass is 19.1. The van der Waals surface area contributed by atoms with Gasteiger partial charge in [-0.25, -0.2) is 14.4 Å². The van der Waals surface area contributed by atoms with Gasteiger partial charge in [-0.15, -0.1) is 0 Å². The minimum absolute atomic E-state index is 0.0286. The molecular weight excluding hydrogens is 355 g/mol. The van der Waals surface area contributed by atoms with E-state index >= 15 is 0 Å². The third-order valence-electron chi connectivity index (χ3n) is 4.92. The summed E-state index contributed by atoms with van der Waals surface area (Å²) in [6.45, 7) is 0. The monoisotopic (exact) mass is 376 g/mol. The lowest BCUT2D eigenvalue weighted by atomic mass is 10.1. The van der Waals surface area contributed by atoms with Crippen LogP contribution in [0.25, 0.3) is 11.3 Å². The van der Waals surface area contributed by atoms with Gasteiger partial charge in [-0.05, 0) is 61.4 Å². The van der Waals surface area contributed by atoms with Crippen LogP contribution in [0.5, 0.6) is 0 Å².